The smallest absolute Gasteiger partial charge is 0.263 e. The first-order chi connectivity index (χ1) is 9.08. The number of carbonyl (C=O) groups is 1. The molecule has 0 aliphatic carbocycles. The molecule has 1 aliphatic heterocycles. The summed E-state index contributed by atoms with van der Waals surface area (Å²) >= 11 is 0. The summed E-state index contributed by atoms with van der Waals surface area (Å²) in [6.45, 7) is 7.63. The number of carbonyl (C=O) groups excluding carboxylic acids is 1. The SMILES string of the molecule is Cc1ccc(C)c(OC(C)C(=O)N2CCCCC2)c1. The molecule has 2 rings (SSSR count). The number of hydrogen-bond acceptors (Lipinski definition) is 2. The van der Waals surface area contributed by atoms with Crippen LogP contribution in [0.5, 0.6) is 5.75 Å². The first kappa shape index (κ1) is 13.9. The maximum absolute atomic E-state index is 12.3. The lowest BCUT2D eigenvalue weighted by atomic mass is 10.1. The van der Waals surface area contributed by atoms with Gasteiger partial charge in [-0.2, -0.15) is 0 Å². The highest BCUT2D eigenvalue weighted by Gasteiger charge is 2.23. The van der Waals surface area contributed by atoms with Crippen LogP contribution in [0.2, 0.25) is 0 Å². The van der Waals surface area contributed by atoms with Gasteiger partial charge in [-0.05, 0) is 57.2 Å². The molecule has 19 heavy (non-hydrogen) atoms. The highest BCUT2D eigenvalue weighted by Crippen LogP contribution is 2.21. The average Bonchev–Trinajstić information content (AvgIpc) is 2.43. The minimum Gasteiger partial charge on any atom is -0.481 e. The van der Waals surface area contributed by atoms with E-state index in [1.165, 1.54) is 6.42 Å². The summed E-state index contributed by atoms with van der Waals surface area (Å²) in [4.78, 5) is 14.2. The molecular formula is C16H23NO2. The lowest BCUT2D eigenvalue weighted by molar-refractivity contribution is -0.138. The average molecular weight is 261 g/mol. The summed E-state index contributed by atoms with van der Waals surface area (Å²) in [5.41, 5.74) is 2.22. The number of nitrogens with zero attached hydrogens (tertiary/aromatic N) is 1. The second kappa shape index (κ2) is 6.09. The Bertz CT molecular complexity index is 450. The van der Waals surface area contributed by atoms with E-state index in [4.69, 9.17) is 4.74 Å². The third-order valence-electron chi connectivity index (χ3n) is 3.66. The molecule has 1 amide bonds. The molecule has 0 spiro atoms. The topological polar surface area (TPSA) is 29.5 Å². The molecule has 0 aromatic heterocycles. The molecule has 1 aromatic rings. The number of hydrogen-bond donors (Lipinski definition) is 0. The van der Waals surface area contributed by atoms with Gasteiger partial charge in [0.2, 0.25) is 0 Å². The Morgan fingerprint density at radius 1 is 1.21 bits per heavy atom. The van der Waals surface area contributed by atoms with Crippen molar-refractivity contribution in [3.8, 4) is 5.75 Å². The standard InChI is InChI=1S/C16H23NO2/c1-12-7-8-13(2)15(11-12)19-14(3)16(18)17-9-5-4-6-10-17/h7-8,11,14H,4-6,9-10H2,1-3H3. The molecule has 3 heteroatoms. The number of benzene rings is 1. The minimum atomic E-state index is -0.404. The van der Waals surface area contributed by atoms with Crippen molar-refractivity contribution in [3.63, 3.8) is 0 Å². The van der Waals surface area contributed by atoms with Gasteiger partial charge in [-0.15, -0.1) is 0 Å². The second-order valence-electron chi connectivity index (χ2n) is 5.41. The summed E-state index contributed by atoms with van der Waals surface area (Å²) in [6.07, 6.45) is 3.05. The van der Waals surface area contributed by atoms with Gasteiger partial charge in [0, 0.05) is 13.1 Å². The first-order valence-corrected chi connectivity index (χ1v) is 7.10. The number of aryl methyl sites for hydroxylation is 2. The Hall–Kier alpha value is -1.51. The van der Waals surface area contributed by atoms with Crippen LogP contribution in [0, 0.1) is 13.8 Å². The fourth-order valence-electron chi connectivity index (χ4n) is 2.45. The fraction of sp³-hybridized carbons (Fsp3) is 0.562. The van der Waals surface area contributed by atoms with Gasteiger partial charge in [-0.1, -0.05) is 12.1 Å². The molecule has 1 saturated heterocycles. The van der Waals surface area contributed by atoms with E-state index in [2.05, 4.69) is 6.07 Å². The van der Waals surface area contributed by atoms with Crippen molar-refractivity contribution < 1.29 is 9.53 Å². The van der Waals surface area contributed by atoms with E-state index in [9.17, 15) is 4.79 Å². The quantitative estimate of drug-likeness (QED) is 0.837. The number of piperidine rings is 1. The molecule has 1 aromatic carbocycles. The van der Waals surface area contributed by atoms with Crippen molar-refractivity contribution in [2.45, 2.75) is 46.1 Å². The third kappa shape index (κ3) is 3.49. The highest BCUT2D eigenvalue weighted by molar-refractivity contribution is 5.81. The van der Waals surface area contributed by atoms with Crippen LogP contribution in [-0.4, -0.2) is 30.0 Å². The van der Waals surface area contributed by atoms with Crippen LogP contribution in [-0.2, 0) is 4.79 Å². The van der Waals surface area contributed by atoms with Crippen molar-refractivity contribution in [1.29, 1.82) is 0 Å². The molecule has 1 unspecified atom stereocenters. The van der Waals surface area contributed by atoms with E-state index in [0.717, 1.165) is 42.8 Å². The van der Waals surface area contributed by atoms with E-state index >= 15 is 0 Å². The Kier molecular flexibility index (Phi) is 4.46. The van der Waals surface area contributed by atoms with Crippen molar-refractivity contribution in [3.05, 3.63) is 29.3 Å². The van der Waals surface area contributed by atoms with Gasteiger partial charge in [-0.25, -0.2) is 0 Å². The maximum atomic E-state index is 12.3. The van der Waals surface area contributed by atoms with Gasteiger partial charge in [0.25, 0.3) is 5.91 Å². The van der Waals surface area contributed by atoms with Crippen LogP contribution in [0.25, 0.3) is 0 Å². The van der Waals surface area contributed by atoms with E-state index < -0.39 is 6.10 Å². The summed E-state index contributed by atoms with van der Waals surface area (Å²) in [5, 5.41) is 0. The largest absolute Gasteiger partial charge is 0.481 e. The van der Waals surface area contributed by atoms with Crippen LogP contribution in [0.3, 0.4) is 0 Å². The van der Waals surface area contributed by atoms with E-state index in [1.54, 1.807) is 0 Å². The van der Waals surface area contributed by atoms with E-state index in [0.29, 0.717) is 0 Å². The van der Waals surface area contributed by atoms with Crippen molar-refractivity contribution >= 4 is 5.91 Å². The van der Waals surface area contributed by atoms with E-state index in [-0.39, 0.29) is 5.91 Å². The van der Waals surface area contributed by atoms with Crippen LogP contribution < -0.4 is 4.74 Å². The summed E-state index contributed by atoms with van der Waals surface area (Å²) in [6, 6.07) is 6.08. The zero-order valence-corrected chi connectivity index (χ0v) is 12.1. The van der Waals surface area contributed by atoms with Gasteiger partial charge in [0.05, 0.1) is 0 Å². The molecule has 1 heterocycles. The number of likely N-dealkylation sites (tertiary alicyclic amines) is 1. The lowest BCUT2D eigenvalue weighted by Gasteiger charge is -2.29. The van der Waals surface area contributed by atoms with Gasteiger partial charge < -0.3 is 9.64 Å². The van der Waals surface area contributed by atoms with Gasteiger partial charge in [-0.3, -0.25) is 4.79 Å². The molecule has 0 saturated carbocycles. The molecule has 0 bridgehead atoms. The monoisotopic (exact) mass is 261 g/mol. The zero-order chi connectivity index (χ0) is 13.8. The van der Waals surface area contributed by atoms with Crippen molar-refractivity contribution in [2.75, 3.05) is 13.1 Å². The highest BCUT2D eigenvalue weighted by atomic mass is 16.5. The summed E-state index contributed by atoms with van der Waals surface area (Å²) in [7, 11) is 0. The van der Waals surface area contributed by atoms with Crippen LogP contribution in [0.1, 0.15) is 37.3 Å². The van der Waals surface area contributed by atoms with Crippen LogP contribution in [0.15, 0.2) is 18.2 Å². The molecule has 1 atom stereocenters. The second-order valence-corrected chi connectivity index (χ2v) is 5.41. The van der Waals surface area contributed by atoms with Crippen molar-refractivity contribution in [2.24, 2.45) is 0 Å². The molecule has 1 aliphatic rings. The zero-order valence-electron chi connectivity index (χ0n) is 12.1. The van der Waals surface area contributed by atoms with Gasteiger partial charge in [0.1, 0.15) is 5.75 Å². The molecule has 3 nitrogen and oxygen atoms in total. The molecule has 1 fully saturated rings. The normalized spacial score (nSPS) is 17.1. The Morgan fingerprint density at radius 3 is 2.58 bits per heavy atom. The summed E-state index contributed by atoms with van der Waals surface area (Å²) < 4.78 is 5.85. The van der Waals surface area contributed by atoms with Crippen LogP contribution >= 0.6 is 0 Å². The number of ether oxygens (including phenoxy) is 1. The predicted molar refractivity (Wildman–Crippen MR) is 76.4 cm³/mol. The molecule has 104 valence electrons. The van der Waals surface area contributed by atoms with E-state index in [1.807, 2.05) is 37.8 Å². The van der Waals surface area contributed by atoms with Gasteiger partial charge in [0.15, 0.2) is 6.10 Å². The van der Waals surface area contributed by atoms with Crippen LogP contribution in [0.4, 0.5) is 0 Å². The minimum absolute atomic E-state index is 0.112. The Morgan fingerprint density at radius 2 is 1.89 bits per heavy atom. The van der Waals surface area contributed by atoms with Crippen molar-refractivity contribution in [1.82, 2.24) is 4.90 Å². The first-order valence-electron chi connectivity index (χ1n) is 7.10. The predicted octanol–water partition coefficient (Wildman–Crippen LogP) is 3.08. The molecule has 0 radical (unpaired) electrons. The summed E-state index contributed by atoms with van der Waals surface area (Å²) in [5.74, 6) is 0.929. The number of rotatable bonds is 3. The number of amides is 1. The lowest BCUT2D eigenvalue weighted by Crippen LogP contribution is -2.43. The Balaban J connectivity index is 2.01. The Labute approximate surface area is 115 Å². The molecular weight excluding hydrogens is 238 g/mol. The fourth-order valence-corrected chi connectivity index (χ4v) is 2.45. The third-order valence-corrected chi connectivity index (χ3v) is 3.66. The van der Waals surface area contributed by atoms with Gasteiger partial charge >= 0.3 is 0 Å². The molecule has 0 N–H and O–H groups in total. The maximum Gasteiger partial charge on any atom is 0.263 e.